The summed E-state index contributed by atoms with van der Waals surface area (Å²) >= 11 is 0. The summed E-state index contributed by atoms with van der Waals surface area (Å²) in [6.07, 6.45) is 0. The van der Waals surface area contributed by atoms with Crippen molar-refractivity contribution < 1.29 is 23.6 Å². The van der Waals surface area contributed by atoms with Gasteiger partial charge in [0.25, 0.3) is 11.8 Å². The fourth-order valence-corrected chi connectivity index (χ4v) is 3.60. The number of amides is 2. The highest BCUT2D eigenvalue weighted by Gasteiger charge is 2.28. The molecule has 8 heteroatoms. The van der Waals surface area contributed by atoms with Crippen molar-refractivity contribution in [3.05, 3.63) is 76.5 Å². The van der Waals surface area contributed by atoms with Crippen LogP contribution in [0.1, 0.15) is 49.3 Å². The summed E-state index contributed by atoms with van der Waals surface area (Å²) in [7, 11) is 0. The number of hydrogen-bond acceptors (Lipinski definition) is 6. The zero-order valence-corrected chi connectivity index (χ0v) is 17.9. The molecule has 0 spiro atoms. The summed E-state index contributed by atoms with van der Waals surface area (Å²) < 4.78 is 10.3. The third-order valence-electron chi connectivity index (χ3n) is 5.20. The summed E-state index contributed by atoms with van der Waals surface area (Å²) in [5, 5.41) is 6.72. The number of carbonyl (C=O) groups is 3. The molecule has 1 aliphatic rings. The molecule has 4 rings (SSSR count). The summed E-state index contributed by atoms with van der Waals surface area (Å²) in [6.45, 7) is 4.94. The molecule has 0 radical (unpaired) electrons. The van der Waals surface area contributed by atoms with Gasteiger partial charge >= 0.3 is 5.97 Å². The summed E-state index contributed by atoms with van der Waals surface area (Å²) in [4.78, 5) is 38.9. The minimum atomic E-state index is -0.448. The molecule has 1 aliphatic heterocycles. The van der Waals surface area contributed by atoms with Gasteiger partial charge in [0.2, 0.25) is 0 Å². The SMILES string of the molecule is CCOC(=O)c1ccc2c(c1)C(=O)N(CCNC(=O)c1cccc(-c3cc(C)no3)c1)C2. The van der Waals surface area contributed by atoms with Gasteiger partial charge in [0.15, 0.2) is 5.76 Å². The third-order valence-corrected chi connectivity index (χ3v) is 5.20. The Hall–Kier alpha value is -3.94. The Morgan fingerprint density at radius 1 is 1.16 bits per heavy atom. The van der Waals surface area contributed by atoms with E-state index in [4.69, 9.17) is 9.26 Å². The first-order chi connectivity index (χ1) is 15.5. The lowest BCUT2D eigenvalue weighted by Gasteiger charge is -2.16. The maximum atomic E-state index is 12.7. The van der Waals surface area contributed by atoms with Crippen molar-refractivity contribution in [3.63, 3.8) is 0 Å². The first kappa shape index (κ1) is 21.3. The Morgan fingerprint density at radius 2 is 2.00 bits per heavy atom. The topological polar surface area (TPSA) is 102 Å². The van der Waals surface area contributed by atoms with Crippen LogP contribution in [0.3, 0.4) is 0 Å². The van der Waals surface area contributed by atoms with Crippen molar-refractivity contribution in [2.24, 2.45) is 0 Å². The molecule has 0 aliphatic carbocycles. The molecule has 0 unspecified atom stereocenters. The standard InChI is InChI=1S/C24H23N3O5/c1-3-31-24(30)18-7-8-19-14-27(23(29)20(19)13-18)10-9-25-22(28)17-6-4-5-16(12-17)21-11-15(2)26-32-21/h4-8,11-13H,3,9-10,14H2,1-2H3,(H,25,28). The Bertz CT molecular complexity index is 1180. The van der Waals surface area contributed by atoms with E-state index < -0.39 is 5.97 Å². The molecule has 0 bridgehead atoms. The van der Waals surface area contributed by atoms with Crippen LogP contribution in [0.15, 0.2) is 53.1 Å². The second kappa shape index (κ2) is 9.05. The zero-order chi connectivity index (χ0) is 22.7. The Kier molecular flexibility index (Phi) is 6.02. The van der Waals surface area contributed by atoms with E-state index in [0.717, 1.165) is 16.8 Å². The lowest BCUT2D eigenvalue weighted by Crippen LogP contribution is -2.35. The van der Waals surface area contributed by atoms with Crippen molar-refractivity contribution in [2.75, 3.05) is 19.7 Å². The highest BCUT2D eigenvalue weighted by atomic mass is 16.5. The number of aromatic nitrogens is 1. The van der Waals surface area contributed by atoms with Gasteiger partial charge in [-0.25, -0.2) is 4.79 Å². The number of carbonyl (C=O) groups excluding carboxylic acids is 3. The molecule has 0 fully saturated rings. The van der Waals surface area contributed by atoms with E-state index in [1.165, 1.54) is 0 Å². The number of benzene rings is 2. The van der Waals surface area contributed by atoms with E-state index in [-0.39, 0.29) is 18.4 Å². The summed E-state index contributed by atoms with van der Waals surface area (Å²) in [5.41, 5.74) is 3.73. The van der Waals surface area contributed by atoms with E-state index in [2.05, 4.69) is 10.5 Å². The monoisotopic (exact) mass is 433 g/mol. The molecule has 8 nitrogen and oxygen atoms in total. The third kappa shape index (κ3) is 4.39. The number of fused-ring (bicyclic) bond motifs is 1. The van der Waals surface area contributed by atoms with Gasteiger partial charge in [-0.3, -0.25) is 9.59 Å². The van der Waals surface area contributed by atoms with Gasteiger partial charge in [-0.05, 0) is 43.7 Å². The average molecular weight is 433 g/mol. The molecule has 2 heterocycles. The highest BCUT2D eigenvalue weighted by Crippen LogP contribution is 2.24. The second-order valence-electron chi connectivity index (χ2n) is 7.49. The van der Waals surface area contributed by atoms with Gasteiger partial charge in [0.1, 0.15) is 0 Å². The lowest BCUT2D eigenvalue weighted by atomic mass is 10.1. The van der Waals surface area contributed by atoms with Gasteiger partial charge in [-0.2, -0.15) is 0 Å². The van der Waals surface area contributed by atoms with E-state index in [0.29, 0.717) is 42.1 Å². The number of hydrogen-bond donors (Lipinski definition) is 1. The van der Waals surface area contributed by atoms with Crippen LogP contribution in [-0.2, 0) is 11.3 Å². The molecular formula is C24H23N3O5. The van der Waals surface area contributed by atoms with E-state index in [9.17, 15) is 14.4 Å². The van der Waals surface area contributed by atoms with Gasteiger partial charge in [0.05, 0.1) is 17.9 Å². The van der Waals surface area contributed by atoms with E-state index in [1.54, 1.807) is 54.3 Å². The predicted molar refractivity (Wildman–Crippen MR) is 116 cm³/mol. The average Bonchev–Trinajstić information content (AvgIpc) is 3.37. The van der Waals surface area contributed by atoms with Gasteiger partial charge in [0, 0.05) is 42.4 Å². The Morgan fingerprint density at radius 3 is 2.75 bits per heavy atom. The fourth-order valence-electron chi connectivity index (χ4n) is 3.60. The van der Waals surface area contributed by atoms with Crippen LogP contribution in [0.5, 0.6) is 0 Å². The number of esters is 1. The summed E-state index contributed by atoms with van der Waals surface area (Å²) in [6, 6.07) is 13.9. The predicted octanol–water partition coefficient (Wildman–Crippen LogP) is 3.21. The van der Waals surface area contributed by atoms with Crippen molar-refractivity contribution in [1.82, 2.24) is 15.4 Å². The first-order valence-electron chi connectivity index (χ1n) is 10.4. The molecule has 1 aromatic heterocycles. The van der Waals surface area contributed by atoms with E-state index >= 15 is 0 Å². The number of nitrogens with zero attached hydrogens (tertiary/aromatic N) is 2. The number of ether oxygens (including phenoxy) is 1. The van der Waals surface area contributed by atoms with Crippen molar-refractivity contribution in [1.29, 1.82) is 0 Å². The van der Waals surface area contributed by atoms with Crippen LogP contribution in [0.25, 0.3) is 11.3 Å². The minimum Gasteiger partial charge on any atom is -0.462 e. The number of rotatable bonds is 7. The molecule has 3 aromatic rings. The lowest BCUT2D eigenvalue weighted by molar-refractivity contribution is 0.0526. The Labute approximate surface area is 185 Å². The summed E-state index contributed by atoms with van der Waals surface area (Å²) in [5.74, 6) is -0.253. The number of aryl methyl sites for hydroxylation is 1. The van der Waals surface area contributed by atoms with Crippen molar-refractivity contribution in [3.8, 4) is 11.3 Å². The largest absolute Gasteiger partial charge is 0.462 e. The molecule has 164 valence electrons. The molecule has 2 amide bonds. The van der Waals surface area contributed by atoms with E-state index in [1.807, 2.05) is 13.0 Å². The second-order valence-corrected chi connectivity index (χ2v) is 7.49. The highest BCUT2D eigenvalue weighted by molar-refractivity contribution is 6.01. The smallest absolute Gasteiger partial charge is 0.338 e. The molecule has 0 saturated heterocycles. The molecule has 2 aromatic carbocycles. The molecule has 0 atom stereocenters. The van der Waals surface area contributed by atoms with Crippen LogP contribution in [0.4, 0.5) is 0 Å². The fraction of sp³-hybridized carbons (Fsp3) is 0.250. The van der Waals surface area contributed by atoms with Crippen LogP contribution in [0, 0.1) is 6.92 Å². The van der Waals surface area contributed by atoms with Crippen LogP contribution in [0.2, 0.25) is 0 Å². The van der Waals surface area contributed by atoms with Gasteiger partial charge in [-0.15, -0.1) is 0 Å². The van der Waals surface area contributed by atoms with Crippen LogP contribution in [-0.4, -0.2) is 47.5 Å². The Balaban J connectivity index is 1.35. The van der Waals surface area contributed by atoms with Crippen molar-refractivity contribution >= 4 is 17.8 Å². The maximum absolute atomic E-state index is 12.7. The number of nitrogens with one attached hydrogen (secondary N) is 1. The minimum absolute atomic E-state index is 0.164. The first-order valence-corrected chi connectivity index (χ1v) is 10.4. The van der Waals surface area contributed by atoms with Gasteiger partial charge < -0.3 is 19.5 Å². The normalized spacial score (nSPS) is 12.6. The van der Waals surface area contributed by atoms with Crippen molar-refractivity contribution in [2.45, 2.75) is 20.4 Å². The molecule has 1 N–H and O–H groups in total. The molecular weight excluding hydrogens is 410 g/mol. The van der Waals surface area contributed by atoms with Crippen LogP contribution < -0.4 is 5.32 Å². The van der Waals surface area contributed by atoms with Crippen LogP contribution >= 0.6 is 0 Å². The molecule has 32 heavy (non-hydrogen) atoms. The van der Waals surface area contributed by atoms with Gasteiger partial charge in [-0.1, -0.05) is 23.4 Å². The zero-order valence-electron chi connectivity index (χ0n) is 17.9. The molecule has 0 saturated carbocycles. The quantitative estimate of drug-likeness (QED) is 0.574. The maximum Gasteiger partial charge on any atom is 0.338 e.